The van der Waals surface area contributed by atoms with Crippen LogP contribution in [0.25, 0.3) is 0 Å². The molecule has 7 atom stereocenters. The molecule has 7 unspecified atom stereocenters. The maximum Gasteiger partial charge on any atom is -0.0324 e. The number of unbranched alkanes of at least 4 members (excludes halogenated alkanes) is 1. The zero-order chi connectivity index (χ0) is 23.9. The zero-order valence-electron chi connectivity index (χ0n) is 23.9. The van der Waals surface area contributed by atoms with Crippen molar-refractivity contribution >= 4 is 0 Å². The third-order valence-electron chi connectivity index (χ3n) is 12.1. The Hall–Kier alpha value is 0. The van der Waals surface area contributed by atoms with Gasteiger partial charge >= 0.3 is 0 Å². The second-order valence-electron chi connectivity index (χ2n) is 14.2. The minimum Gasteiger partial charge on any atom is -0.0654 e. The lowest BCUT2D eigenvalue weighted by atomic mass is 9.56. The Morgan fingerprint density at radius 2 is 1.29 bits per heavy atom. The molecule has 5 aliphatic carbocycles. The summed E-state index contributed by atoms with van der Waals surface area (Å²) in [5.41, 5.74) is 0. The second kappa shape index (κ2) is 13.5. The average Bonchev–Trinajstić information content (AvgIpc) is 3.52. The monoisotopic (exact) mass is 470 g/mol. The van der Waals surface area contributed by atoms with E-state index in [0.29, 0.717) is 0 Å². The van der Waals surface area contributed by atoms with Crippen LogP contribution in [0.5, 0.6) is 0 Å². The van der Waals surface area contributed by atoms with E-state index in [9.17, 15) is 0 Å². The maximum atomic E-state index is 2.60. The van der Waals surface area contributed by atoms with Crippen molar-refractivity contribution < 1.29 is 0 Å². The first-order valence-corrected chi connectivity index (χ1v) is 16.6. The van der Waals surface area contributed by atoms with E-state index in [1.165, 1.54) is 57.8 Å². The summed E-state index contributed by atoms with van der Waals surface area (Å²) in [5, 5.41) is 0. The fourth-order valence-electron chi connectivity index (χ4n) is 10.1. The first kappa shape index (κ1) is 27.0. The van der Waals surface area contributed by atoms with E-state index in [1.807, 2.05) is 0 Å². The van der Waals surface area contributed by atoms with Gasteiger partial charge in [0.15, 0.2) is 0 Å². The van der Waals surface area contributed by atoms with Crippen LogP contribution in [0.4, 0.5) is 0 Å². The van der Waals surface area contributed by atoms with Crippen LogP contribution in [0, 0.1) is 59.2 Å². The average molecular weight is 471 g/mol. The van der Waals surface area contributed by atoms with Gasteiger partial charge in [0.2, 0.25) is 0 Å². The summed E-state index contributed by atoms with van der Waals surface area (Å²) < 4.78 is 0. The van der Waals surface area contributed by atoms with E-state index in [4.69, 9.17) is 0 Å². The smallest absolute Gasteiger partial charge is 0.0324 e. The Labute approximate surface area is 215 Å². The zero-order valence-corrected chi connectivity index (χ0v) is 23.9. The van der Waals surface area contributed by atoms with Gasteiger partial charge in [0.25, 0.3) is 0 Å². The van der Waals surface area contributed by atoms with Gasteiger partial charge in [-0.1, -0.05) is 111 Å². The molecule has 0 aromatic rings. The van der Waals surface area contributed by atoms with Crippen molar-refractivity contribution in [2.45, 2.75) is 156 Å². The molecule has 0 radical (unpaired) electrons. The van der Waals surface area contributed by atoms with E-state index in [-0.39, 0.29) is 0 Å². The Morgan fingerprint density at radius 3 is 1.94 bits per heavy atom. The molecule has 0 saturated heterocycles. The molecule has 198 valence electrons. The molecule has 0 heterocycles. The van der Waals surface area contributed by atoms with Crippen LogP contribution in [0.2, 0.25) is 0 Å². The topological polar surface area (TPSA) is 0 Å². The Bertz CT molecular complexity index is 550. The number of hydrogen-bond donors (Lipinski definition) is 0. The van der Waals surface area contributed by atoms with Crippen molar-refractivity contribution in [2.24, 2.45) is 59.2 Å². The Kier molecular flexibility index (Phi) is 10.8. The molecular formula is C34H62. The SMILES string of the molecule is CCC1CCC(C2CCC(C)C2)CC1.CCCCC1C(C)CC2CCCC2C1C1CCCCC1. The fraction of sp³-hybridized carbons (Fsp3) is 1.00. The summed E-state index contributed by atoms with van der Waals surface area (Å²) in [6.07, 6.45) is 30.6. The van der Waals surface area contributed by atoms with Crippen molar-refractivity contribution in [2.75, 3.05) is 0 Å². The normalized spacial score (nSPS) is 43.2. The largest absolute Gasteiger partial charge is 0.0654 e. The van der Waals surface area contributed by atoms with Gasteiger partial charge in [0.05, 0.1) is 0 Å². The van der Waals surface area contributed by atoms with Crippen molar-refractivity contribution in [1.82, 2.24) is 0 Å². The molecule has 0 aromatic heterocycles. The summed E-state index contributed by atoms with van der Waals surface area (Å²) in [6.45, 7) is 9.78. The van der Waals surface area contributed by atoms with Crippen LogP contribution in [-0.4, -0.2) is 0 Å². The van der Waals surface area contributed by atoms with Gasteiger partial charge in [0, 0.05) is 0 Å². The molecular weight excluding hydrogens is 408 g/mol. The first-order chi connectivity index (χ1) is 16.6. The Balaban J connectivity index is 0.000000172. The molecule has 5 saturated carbocycles. The molecule has 0 N–H and O–H groups in total. The molecule has 0 bridgehead atoms. The summed E-state index contributed by atoms with van der Waals surface area (Å²) in [6, 6.07) is 0. The molecule has 5 aliphatic rings. The van der Waals surface area contributed by atoms with Gasteiger partial charge in [0.1, 0.15) is 0 Å². The minimum atomic E-state index is 1.02. The lowest BCUT2D eigenvalue weighted by Gasteiger charge is -2.49. The van der Waals surface area contributed by atoms with E-state index in [1.54, 1.807) is 70.6 Å². The number of fused-ring (bicyclic) bond motifs is 1. The predicted octanol–water partition coefficient (Wildman–Crippen LogP) is 11.1. The van der Waals surface area contributed by atoms with Crippen molar-refractivity contribution in [1.29, 1.82) is 0 Å². The predicted molar refractivity (Wildman–Crippen MR) is 150 cm³/mol. The van der Waals surface area contributed by atoms with Gasteiger partial charge < -0.3 is 0 Å². The second-order valence-corrected chi connectivity index (χ2v) is 14.2. The molecule has 0 aliphatic heterocycles. The highest BCUT2D eigenvalue weighted by atomic mass is 14.5. The first-order valence-electron chi connectivity index (χ1n) is 16.6. The lowest BCUT2D eigenvalue weighted by Crippen LogP contribution is -2.41. The lowest BCUT2D eigenvalue weighted by molar-refractivity contribution is 0.00254. The molecule has 5 rings (SSSR count). The van der Waals surface area contributed by atoms with Crippen LogP contribution >= 0.6 is 0 Å². The summed E-state index contributed by atoms with van der Waals surface area (Å²) in [4.78, 5) is 0. The van der Waals surface area contributed by atoms with Crippen molar-refractivity contribution in [3.63, 3.8) is 0 Å². The van der Waals surface area contributed by atoms with E-state index < -0.39 is 0 Å². The van der Waals surface area contributed by atoms with Crippen LogP contribution in [0.3, 0.4) is 0 Å². The minimum absolute atomic E-state index is 1.02. The van der Waals surface area contributed by atoms with Gasteiger partial charge in [-0.15, -0.1) is 0 Å². The van der Waals surface area contributed by atoms with Crippen molar-refractivity contribution in [3.05, 3.63) is 0 Å². The number of rotatable bonds is 6. The third kappa shape index (κ3) is 6.85. The molecule has 5 fully saturated rings. The standard InChI is InChI=1S/C20H36.C14H26/c1-3-4-12-18-15(2)14-17-11-8-13-19(17)20(18)16-9-6-5-7-10-16;1-3-12-5-8-13(9-6-12)14-7-4-11(2)10-14/h15-20H,3-14H2,1-2H3;11-14H,3-10H2,1-2H3. The van der Waals surface area contributed by atoms with Gasteiger partial charge in [-0.05, 0) is 104 Å². The van der Waals surface area contributed by atoms with Crippen LogP contribution < -0.4 is 0 Å². The van der Waals surface area contributed by atoms with Crippen molar-refractivity contribution in [3.8, 4) is 0 Å². The third-order valence-corrected chi connectivity index (χ3v) is 12.1. The van der Waals surface area contributed by atoms with Crippen LogP contribution in [0.15, 0.2) is 0 Å². The molecule has 0 heteroatoms. The van der Waals surface area contributed by atoms with E-state index in [2.05, 4.69) is 27.7 Å². The fourth-order valence-corrected chi connectivity index (χ4v) is 10.1. The van der Waals surface area contributed by atoms with Crippen LogP contribution in [0.1, 0.15) is 156 Å². The highest BCUT2D eigenvalue weighted by Gasteiger charge is 2.47. The van der Waals surface area contributed by atoms with E-state index in [0.717, 1.165) is 59.2 Å². The quantitative estimate of drug-likeness (QED) is 0.362. The molecule has 0 aromatic carbocycles. The molecule has 0 spiro atoms. The maximum absolute atomic E-state index is 2.60. The van der Waals surface area contributed by atoms with E-state index >= 15 is 0 Å². The highest BCUT2D eigenvalue weighted by Crippen LogP contribution is 2.55. The van der Waals surface area contributed by atoms with Gasteiger partial charge in [-0.2, -0.15) is 0 Å². The highest BCUT2D eigenvalue weighted by molar-refractivity contribution is 4.96. The summed E-state index contributed by atoms with van der Waals surface area (Å²) in [7, 11) is 0. The molecule has 0 amide bonds. The van der Waals surface area contributed by atoms with Gasteiger partial charge in [-0.25, -0.2) is 0 Å². The Morgan fingerprint density at radius 1 is 0.588 bits per heavy atom. The molecule has 34 heavy (non-hydrogen) atoms. The van der Waals surface area contributed by atoms with Crippen LogP contribution in [-0.2, 0) is 0 Å². The number of hydrogen-bond acceptors (Lipinski definition) is 0. The summed E-state index contributed by atoms with van der Waals surface area (Å²) in [5.74, 6) is 10.9. The molecule has 0 nitrogen and oxygen atoms in total. The van der Waals surface area contributed by atoms with Gasteiger partial charge in [-0.3, -0.25) is 0 Å². The summed E-state index contributed by atoms with van der Waals surface area (Å²) >= 11 is 0.